The van der Waals surface area contributed by atoms with Gasteiger partial charge in [-0.05, 0) is 59.9 Å². The Morgan fingerprint density at radius 3 is 2.37 bits per heavy atom. The highest BCUT2D eigenvalue weighted by atomic mass is 19.4. The third kappa shape index (κ3) is 3.98. The van der Waals surface area contributed by atoms with Crippen molar-refractivity contribution in [3.63, 3.8) is 0 Å². The summed E-state index contributed by atoms with van der Waals surface area (Å²) in [6.45, 7) is 2.69. The lowest BCUT2D eigenvalue weighted by molar-refractivity contribution is -0.137. The summed E-state index contributed by atoms with van der Waals surface area (Å²) in [5.74, 6) is -0.168. The molecule has 4 rings (SSSR count). The number of anilines is 1. The molecule has 0 fully saturated rings. The summed E-state index contributed by atoms with van der Waals surface area (Å²) >= 11 is 0. The van der Waals surface area contributed by atoms with Gasteiger partial charge in [0.05, 0.1) is 5.56 Å². The smallest absolute Gasteiger partial charge is 0.368 e. The standard InChI is InChI=1S/C22H19F3N4O/c1-13-10-19(28-21(26)27-13)20(30)29-9-8-15-2-3-16(11-17(15)12-29)14-4-6-18(7-5-14)22(23,24)25/h2-7,10-11H,8-9,12H2,1H3,(H2,26,27,28). The minimum Gasteiger partial charge on any atom is -0.368 e. The maximum atomic E-state index is 12.9. The number of fused-ring (bicyclic) bond motifs is 1. The minimum atomic E-state index is -4.36. The molecule has 0 aliphatic carbocycles. The van der Waals surface area contributed by atoms with Crippen LogP contribution < -0.4 is 5.73 Å². The molecule has 1 aliphatic rings. The monoisotopic (exact) mass is 412 g/mol. The minimum absolute atomic E-state index is 0.0559. The number of rotatable bonds is 2. The Morgan fingerprint density at radius 2 is 1.70 bits per heavy atom. The first-order chi connectivity index (χ1) is 14.2. The molecule has 0 saturated carbocycles. The number of aryl methyl sites for hydroxylation is 1. The molecule has 0 saturated heterocycles. The van der Waals surface area contributed by atoms with Crippen molar-refractivity contribution < 1.29 is 18.0 Å². The Morgan fingerprint density at radius 1 is 1.00 bits per heavy atom. The lowest BCUT2D eigenvalue weighted by atomic mass is 9.94. The maximum Gasteiger partial charge on any atom is 0.416 e. The Bertz CT molecular complexity index is 1090. The van der Waals surface area contributed by atoms with E-state index in [9.17, 15) is 18.0 Å². The van der Waals surface area contributed by atoms with Gasteiger partial charge in [-0.2, -0.15) is 13.2 Å². The number of aromatic nitrogens is 2. The van der Waals surface area contributed by atoms with Crippen LogP contribution in [0.1, 0.15) is 32.9 Å². The molecular formula is C22H19F3N4O. The zero-order valence-corrected chi connectivity index (χ0v) is 16.2. The molecule has 2 N–H and O–H groups in total. The fourth-order valence-corrected chi connectivity index (χ4v) is 3.62. The van der Waals surface area contributed by atoms with Crippen LogP contribution in [-0.4, -0.2) is 27.3 Å². The van der Waals surface area contributed by atoms with Gasteiger partial charge in [0, 0.05) is 18.8 Å². The molecule has 30 heavy (non-hydrogen) atoms. The van der Waals surface area contributed by atoms with Gasteiger partial charge in [-0.15, -0.1) is 0 Å². The van der Waals surface area contributed by atoms with Crippen molar-refractivity contribution in [2.45, 2.75) is 26.1 Å². The molecule has 154 valence electrons. The number of halogens is 3. The summed E-state index contributed by atoms with van der Waals surface area (Å²) in [5.41, 5.74) is 9.43. The molecule has 0 bridgehead atoms. The Labute approximate surface area is 171 Å². The highest BCUT2D eigenvalue weighted by molar-refractivity contribution is 5.92. The molecule has 0 atom stereocenters. The summed E-state index contributed by atoms with van der Waals surface area (Å²) < 4.78 is 38.4. The van der Waals surface area contributed by atoms with Crippen LogP contribution in [0, 0.1) is 6.92 Å². The van der Waals surface area contributed by atoms with Gasteiger partial charge in [0.2, 0.25) is 5.95 Å². The van der Waals surface area contributed by atoms with E-state index in [1.807, 2.05) is 18.2 Å². The van der Waals surface area contributed by atoms with E-state index in [-0.39, 0.29) is 17.5 Å². The number of carbonyl (C=O) groups is 1. The van der Waals surface area contributed by atoms with Gasteiger partial charge in [0.1, 0.15) is 5.69 Å². The van der Waals surface area contributed by atoms with Gasteiger partial charge in [-0.1, -0.05) is 24.3 Å². The van der Waals surface area contributed by atoms with Gasteiger partial charge < -0.3 is 10.6 Å². The molecular weight excluding hydrogens is 393 g/mol. The second kappa shape index (κ2) is 7.44. The zero-order valence-electron chi connectivity index (χ0n) is 16.2. The predicted molar refractivity (Wildman–Crippen MR) is 107 cm³/mol. The molecule has 1 amide bonds. The summed E-state index contributed by atoms with van der Waals surface area (Å²) in [7, 11) is 0. The van der Waals surface area contributed by atoms with E-state index in [1.165, 1.54) is 12.1 Å². The third-order valence-electron chi connectivity index (χ3n) is 5.14. The number of carbonyl (C=O) groups excluding carboxylic acids is 1. The predicted octanol–water partition coefficient (Wildman–Crippen LogP) is 4.25. The summed E-state index contributed by atoms with van der Waals surface area (Å²) in [5, 5.41) is 0. The van der Waals surface area contributed by atoms with Crippen molar-refractivity contribution in [1.29, 1.82) is 0 Å². The van der Waals surface area contributed by atoms with Crippen molar-refractivity contribution in [2.75, 3.05) is 12.3 Å². The first-order valence-electron chi connectivity index (χ1n) is 9.40. The number of nitrogens with zero attached hydrogens (tertiary/aromatic N) is 3. The maximum absolute atomic E-state index is 12.9. The number of benzene rings is 2. The summed E-state index contributed by atoms with van der Waals surface area (Å²) in [6, 6.07) is 12.5. The van der Waals surface area contributed by atoms with Crippen LogP contribution in [0.4, 0.5) is 19.1 Å². The van der Waals surface area contributed by atoms with Crippen molar-refractivity contribution in [3.05, 3.63) is 76.6 Å². The van der Waals surface area contributed by atoms with E-state index in [0.29, 0.717) is 30.8 Å². The second-order valence-electron chi connectivity index (χ2n) is 7.29. The average Bonchev–Trinajstić information content (AvgIpc) is 2.71. The number of alkyl halides is 3. The highest BCUT2D eigenvalue weighted by Crippen LogP contribution is 2.32. The van der Waals surface area contributed by atoms with Crippen LogP contribution in [0.3, 0.4) is 0 Å². The lowest BCUT2D eigenvalue weighted by Crippen LogP contribution is -2.36. The molecule has 5 nitrogen and oxygen atoms in total. The fraction of sp³-hybridized carbons (Fsp3) is 0.227. The summed E-state index contributed by atoms with van der Waals surface area (Å²) in [4.78, 5) is 22.6. The number of hydrogen-bond acceptors (Lipinski definition) is 4. The van der Waals surface area contributed by atoms with E-state index in [1.54, 1.807) is 17.9 Å². The largest absolute Gasteiger partial charge is 0.416 e. The molecule has 1 aromatic heterocycles. The molecule has 2 heterocycles. The molecule has 0 spiro atoms. The van der Waals surface area contributed by atoms with Crippen LogP contribution >= 0.6 is 0 Å². The van der Waals surface area contributed by atoms with Crippen LogP contribution in [0.5, 0.6) is 0 Å². The van der Waals surface area contributed by atoms with Gasteiger partial charge in [0.25, 0.3) is 5.91 Å². The van der Waals surface area contributed by atoms with Gasteiger partial charge in [-0.25, -0.2) is 9.97 Å². The highest BCUT2D eigenvalue weighted by Gasteiger charge is 2.30. The molecule has 1 aliphatic heterocycles. The first kappa shape index (κ1) is 19.9. The van der Waals surface area contributed by atoms with Crippen LogP contribution in [-0.2, 0) is 19.1 Å². The Hall–Kier alpha value is -3.42. The quantitative estimate of drug-likeness (QED) is 0.683. The molecule has 3 aromatic rings. The Kier molecular flexibility index (Phi) is 4.93. The molecule has 0 unspecified atom stereocenters. The van der Waals surface area contributed by atoms with Gasteiger partial charge in [0.15, 0.2) is 0 Å². The molecule has 2 aromatic carbocycles. The summed E-state index contributed by atoms with van der Waals surface area (Å²) in [6.07, 6.45) is -3.67. The number of amides is 1. The lowest BCUT2D eigenvalue weighted by Gasteiger charge is -2.29. The second-order valence-corrected chi connectivity index (χ2v) is 7.29. The van der Waals surface area contributed by atoms with E-state index in [2.05, 4.69) is 9.97 Å². The van der Waals surface area contributed by atoms with Crippen molar-refractivity contribution in [1.82, 2.24) is 14.9 Å². The Balaban J connectivity index is 1.58. The topological polar surface area (TPSA) is 72.1 Å². The van der Waals surface area contributed by atoms with E-state index >= 15 is 0 Å². The molecule has 8 heteroatoms. The van der Waals surface area contributed by atoms with E-state index < -0.39 is 11.7 Å². The van der Waals surface area contributed by atoms with Gasteiger partial charge in [-0.3, -0.25) is 4.79 Å². The number of nitrogen functional groups attached to an aromatic ring is 1. The SMILES string of the molecule is Cc1cc(C(=O)N2CCc3ccc(-c4ccc(C(F)(F)F)cc4)cc3C2)nc(N)n1. The van der Waals surface area contributed by atoms with Crippen molar-refractivity contribution >= 4 is 11.9 Å². The third-order valence-corrected chi connectivity index (χ3v) is 5.14. The van der Waals surface area contributed by atoms with Crippen molar-refractivity contribution in [3.8, 4) is 11.1 Å². The van der Waals surface area contributed by atoms with Gasteiger partial charge >= 0.3 is 6.18 Å². The fourth-order valence-electron chi connectivity index (χ4n) is 3.62. The van der Waals surface area contributed by atoms with Crippen LogP contribution in [0.25, 0.3) is 11.1 Å². The van der Waals surface area contributed by atoms with Crippen LogP contribution in [0.2, 0.25) is 0 Å². The van der Waals surface area contributed by atoms with Crippen molar-refractivity contribution in [2.24, 2.45) is 0 Å². The number of nitrogens with two attached hydrogens (primary N) is 1. The molecule has 0 radical (unpaired) electrons. The number of hydrogen-bond donors (Lipinski definition) is 1. The van der Waals surface area contributed by atoms with E-state index in [4.69, 9.17) is 5.73 Å². The zero-order chi connectivity index (χ0) is 21.5. The van der Waals surface area contributed by atoms with Crippen LogP contribution in [0.15, 0.2) is 48.5 Å². The average molecular weight is 412 g/mol. The first-order valence-corrected chi connectivity index (χ1v) is 9.40. The van der Waals surface area contributed by atoms with E-state index in [0.717, 1.165) is 28.8 Å². The normalized spacial score (nSPS) is 13.8.